The van der Waals surface area contributed by atoms with Crippen LogP contribution in [0, 0.1) is 5.82 Å². The molecule has 2 aromatic rings. The minimum atomic E-state index is -0.422. The van der Waals surface area contributed by atoms with E-state index in [-0.39, 0.29) is 5.02 Å². The molecule has 0 amide bonds. The van der Waals surface area contributed by atoms with Crippen molar-refractivity contribution in [1.29, 1.82) is 0 Å². The fourth-order valence-corrected chi connectivity index (χ4v) is 2.25. The number of guanidine groups is 1. The number of benzene rings is 1. The summed E-state index contributed by atoms with van der Waals surface area (Å²) in [5.74, 6) is 0.238. The van der Waals surface area contributed by atoms with Crippen LogP contribution in [0.2, 0.25) is 10.2 Å². The van der Waals surface area contributed by atoms with Crippen LogP contribution < -0.4 is 10.6 Å². The second-order valence-corrected chi connectivity index (χ2v) is 5.63. The topological polar surface area (TPSA) is 49.3 Å². The number of hydrogen-bond donors (Lipinski definition) is 2. The largest absolute Gasteiger partial charge is 0.356 e. The van der Waals surface area contributed by atoms with E-state index in [1.807, 2.05) is 6.07 Å². The third-order valence-corrected chi connectivity index (χ3v) is 3.68. The molecule has 0 aliphatic carbocycles. The summed E-state index contributed by atoms with van der Waals surface area (Å²) in [6.45, 7) is 1.20. The van der Waals surface area contributed by atoms with Gasteiger partial charge in [-0.15, -0.1) is 0 Å². The van der Waals surface area contributed by atoms with Crippen LogP contribution in [0.5, 0.6) is 0 Å². The summed E-state index contributed by atoms with van der Waals surface area (Å²) >= 11 is 11.5. The van der Waals surface area contributed by atoms with Crippen molar-refractivity contribution < 1.29 is 4.39 Å². The Labute approximate surface area is 144 Å². The van der Waals surface area contributed by atoms with Gasteiger partial charge in [0.15, 0.2) is 5.96 Å². The van der Waals surface area contributed by atoms with E-state index >= 15 is 0 Å². The normalized spacial score (nSPS) is 11.4. The van der Waals surface area contributed by atoms with E-state index in [2.05, 4.69) is 20.6 Å². The number of hydrogen-bond acceptors (Lipinski definition) is 2. The molecule has 0 saturated heterocycles. The molecule has 1 aromatic heterocycles. The zero-order valence-corrected chi connectivity index (χ0v) is 14.1. The number of nitrogens with one attached hydrogen (secondary N) is 2. The summed E-state index contributed by atoms with van der Waals surface area (Å²) < 4.78 is 13.1. The van der Waals surface area contributed by atoms with Crippen molar-refractivity contribution in [2.24, 2.45) is 4.99 Å². The van der Waals surface area contributed by atoms with E-state index in [1.54, 1.807) is 31.4 Å². The molecule has 0 unspecified atom stereocenters. The fraction of sp³-hybridized carbons (Fsp3) is 0.250. The maximum Gasteiger partial charge on any atom is 0.191 e. The van der Waals surface area contributed by atoms with Crippen LogP contribution >= 0.6 is 23.2 Å². The van der Waals surface area contributed by atoms with Crippen LogP contribution in [0.25, 0.3) is 0 Å². The van der Waals surface area contributed by atoms with Crippen molar-refractivity contribution in [3.8, 4) is 0 Å². The average Bonchev–Trinajstić information content (AvgIpc) is 2.55. The predicted octanol–water partition coefficient (Wildman–Crippen LogP) is 3.44. The van der Waals surface area contributed by atoms with E-state index in [1.165, 1.54) is 6.07 Å². The Kier molecular flexibility index (Phi) is 6.62. The molecule has 0 atom stereocenters. The lowest BCUT2D eigenvalue weighted by Crippen LogP contribution is -2.37. The first-order valence-electron chi connectivity index (χ1n) is 7.07. The molecule has 1 heterocycles. The maximum atomic E-state index is 13.1. The van der Waals surface area contributed by atoms with E-state index in [0.29, 0.717) is 24.2 Å². The van der Waals surface area contributed by atoms with Gasteiger partial charge in [-0.25, -0.2) is 9.37 Å². The molecule has 23 heavy (non-hydrogen) atoms. The first-order valence-corrected chi connectivity index (χ1v) is 7.83. The standard InChI is InChI=1S/C16H17Cl2FN4/c1-20-16(21-7-6-11-3-5-15(18)22-9-11)23-10-12-2-4-14(19)13(17)8-12/h2-5,8-9H,6-7,10H2,1H3,(H2,20,21,23). The first-order chi connectivity index (χ1) is 11.1. The molecule has 0 bridgehead atoms. The molecule has 0 radical (unpaired) electrons. The number of aliphatic imine (C=N–C) groups is 1. The zero-order valence-electron chi connectivity index (χ0n) is 12.6. The molecule has 122 valence electrons. The Morgan fingerprint density at radius 1 is 1.17 bits per heavy atom. The smallest absolute Gasteiger partial charge is 0.191 e. The number of halogens is 3. The number of aromatic nitrogens is 1. The van der Waals surface area contributed by atoms with E-state index < -0.39 is 5.82 Å². The minimum absolute atomic E-state index is 0.113. The molecule has 4 nitrogen and oxygen atoms in total. The molecule has 0 aliphatic heterocycles. The molecule has 0 fully saturated rings. The Hall–Kier alpha value is -1.85. The van der Waals surface area contributed by atoms with Gasteiger partial charge in [0.25, 0.3) is 0 Å². The van der Waals surface area contributed by atoms with Crippen molar-refractivity contribution >= 4 is 29.2 Å². The van der Waals surface area contributed by atoms with Crippen molar-refractivity contribution in [1.82, 2.24) is 15.6 Å². The van der Waals surface area contributed by atoms with Crippen LogP contribution in [0.3, 0.4) is 0 Å². The van der Waals surface area contributed by atoms with Crippen molar-refractivity contribution in [2.45, 2.75) is 13.0 Å². The number of rotatable bonds is 5. The van der Waals surface area contributed by atoms with Crippen molar-refractivity contribution in [3.05, 3.63) is 63.6 Å². The van der Waals surface area contributed by atoms with E-state index in [4.69, 9.17) is 23.2 Å². The van der Waals surface area contributed by atoms with Gasteiger partial charge in [0.1, 0.15) is 11.0 Å². The molecule has 0 aliphatic rings. The zero-order chi connectivity index (χ0) is 16.7. The molecule has 7 heteroatoms. The van der Waals surface area contributed by atoms with E-state index in [9.17, 15) is 4.39 Å². The van der Waals surface area contributed by atoms with Gasteiger partial charge in [-0.3, -0.25) is 4.99 Å². The molecular formula is C16H17Cl2FN4. The van der Waals surface area contributed by atoms with Gasteiger partial charge in [-0.2, -0.15) is 0 Å². The molecule has 2 N–H and O–H groups in total. The van der Waals surface area contributed by atoms with Crippen molar-refractivity contribution in [2.75, 3.05) is 13.6 Å². The highest BCUT2D eigenvalue weighted by Gasteiger charge is 2.03. The highest BCUT2D eigenvalue weighted by Crippen LogP contribution is 2.15. The predicted molar refractivity (Wildman–Crippen MR) is 92.6 cm³/mol. The van der Waals surface area contributed by atoms with E-state index in [0.717, 1.165) is 17.5 Å². The van der Waals surface area contributed by atoms with Gasteiger partial charge in [-0.1, -0.05) is 35.3 Å². The highest BCUT2D eigenvalue weighted by molar-refractivity contribution is 6.30. The van der Waals surface area contributed by atoms with Crippen LogP contribution in [0.4, 0.5) is 4.39 Å². The summed E-state index contributed by atoms with van der Waals surface area (Å²) in [4.78, 5) is 8.18. The van der Waals surface area contributed by atoms with Gasteiger partial charge in [0.05, 0.1) is 5.02 Å². The summed E-state index contributed by atoms with van der Waals surface area (Å²) in [6, 6.07) is 8.33. The van der Waals surface area contributed by atoms with Gasteiger partial charge in [0, 0.05) is 26.3 Å². The van der Waals surface area contributed by atoms with Gasteiger partial charge in [0.2, 0.25) is 0 Å². The molecule has 0 saturated carbocycles. The van der Waals surface area contributed by atoms with Gasteiger partial charge in [-0.05, 0) is 35.7 Å². The summed E-state index contributed by atoms with van der Waals surface area (Å²) in [6.07, 6.45) is 2.55. The minimum Gasteiger partial charge on any atom is -0.356 e. The Bertz CT molecular complexity index is 674. The van der Waals surface area contributed by atoms with Crippen LogP contribution in [-0.2, 0) is 13.0 Å². The Morgan fingerprint density at radius 2 is 1.96 bits per heavy atom. The maximum absolute atomic E-state index is 13.1. The lowest BCUT2D eigenvalue weighted by molar-refractivity contribution is 0.627. The lowest BCUT2D eigenvalue weighted by atomic mass is 10.2. The second-order valence-electron chi connectivity index (χ2n) is 4.84. The lowest BCUT2D eigenvalue weighted by Gasteiger charge is -2.12. The molecular weight excluding hydrogens is 338 g/mol. The monoisotopic (exact) mass is 354 g/mol. The van der Waals surface area contributed by atoms with Crippen LogP contribution in [-0.4, -0.2) is 24.5 Å². The molecule has 0 spiro atoms. The Balaban J connectivity index is 1.79. The Morgan fingerprint density at radius 3 is 2.61 bits per heavy atom. The number of nitrogens with zero attached hydrogens (tertiary/aromatic N) is 2. The van der Waals surface area contributed by atoms with Crippen LogP contribution in [0.1, 0.15) is 11.1 Å². The first kappa shape index (κ1) is 17.5. The summed E-state index contributed by atoms with van der Waals surface area (Å²) in [5, 5.41) is 6.95. The molecule has 1 aromatic carbocycles. The van der Waals surface area contributed by atoms with Crippen LogP contribution in [0.15, 0.2) is 41.5 Å². The third kappa shape index (κ3) is 5.69. The van der Waals surface area contributed by atoms with Crippen molar-refractivity contribution in [3.63, 3.8) is 0 Å². The summed E-state index contributed by atoms with van der Waals surface area (Å²) in [5.41, 5.74) is 1.96. The van der Waals surface area contributed by atoms with Gasteiger partial charge < -0.3 is 10.6 Å². The fourth-order valence-electron chi connectivity index (χ4n) is 1.94. The highest BCUT2D eigenvalue weighted by atomic mass is 35.5. The van der Waals surface area contributed by atoms with Gasteiger partial charge >= 0.3 is 0 Å². The second kappa shape index (κ2) is 8.70. The average molecular weight is 355 g/mol. The molecule has 2 rings (SSSR count). The SMILES string of the molecule is CN=C(NCCc1ccc(Cl)nc1)NCc1ccc(F)c(Cl)c1. The summed E-state index contributed by atoms with van der Waals surface area (Å²) in [7, 11) is 1.69. The number of pyridine rings is 1. The third-order valence-electron chi connectivity index (χ3n) is 3.16. The quantitative estimate of drug-likeness (QED) is 0.491.